The number of ether oxygens (including phenoxy) is 1. The van der Waals surface area contributed by atoms with Crippen molar-refractivity contribution in [2.75, 3.05) is 13.7 Å². The SMILES string of the molecule is COC[C@@H](C)NC(=O)C(=O)NC1CCCCCC1. The van der Waals surface area contributed by atoms with E-state index in [0.29, 0.717) is 6.61 Å². The Balaban J connectivity index is 2.32. The molecule has 5 heteroatoms. The largest absolute Gasteiger partial charge is 0.383 e. The van der Waals surface area contributed by atoms with Crippen LogP contribution in [0.5, 0.6) is 0 Å². The van der Waals surface area contributed by atoms with E-state index in [9.17, 15) is 9.59 Å². The standard InChI is InChI=1S/C13H24N2O3/c1-10(9-18-2)14-12(16)13(17)15-11-7-5-3-4-6-8-11/h10-11H,3-9H2,1-2H3,(H,14,16)(H,15,17)/t10-/m1/s1. The number of carbonyl (C=O) groups excluding carboxylic acids is 2. The number of rotatable bonds is 4. The van der Waals surface area contributed by atoms with Crippen LogP contribution in [0.3, 0.4) is 0 Å². The van der Waals surface area contributed by atoms with Crippen molar-refractivity contribution >= 4 is 11.8 Å². The van der Waals surface area contributed by atoms with Gasteiger partial charge in [-0.15, -0.1) is 0 Å². The van der Waals surface area contributed by atoms with Gasteiger partial charge in [-0.2, -0.15) is 0 Å². The van der Waals surface area contributed by atoms with Gasteiger partial charge >= 0.3 is 11.8 Å². The maximum absolute atomic E-state index is 11.7. The summed E-state index contributed by atoms with van der Waals surface area (Å²) in [5.41, 5.74) is 0. The zero-order chi connectivity index (χ0) is 13.4. The van der Waals surface area contributed by atoms with E-state index in [1.165, 1.54) is 12.8 Å². The molecule has 1 aliphatic carbocycles. The second-order valence-corrected chi connectivity index (χ2v) is 4.99. The molecule has 0 heterocycles. The summed E-state index contributed by atoms with van der Waals surface area (Å²) >= 11 is 0. The summed E-state index contributed by atoms with van der Waals surface area (Å²) in [6.45, 7) is 2.21. The Labute approximate surface area is 109 Å². The summed E-state index contributed by atoms with van der Waals surface area (Å²) in [6.07, 6.45) is 6.67. The molecule has 0 bridgehead atoms. The van der Waals surface area contributed by atoms with E-state index in [0.717, 1.165) is 25.7 Å². The zero-order valence-electron chi connectivity index (χ0n) is 11.3. The smallest absolute Gasteiger partial charge is 0.309 e. The van der Waals surface area contributed by atoms with Gasteiger partial charge in [0.05, 0.1) is 6.61 Å². The second kappa shape index (κ2) is 8.08. The molecule has 0 aliphatic heterocycles. The maximum Gasteiger partial charge on any atom is 0.309 e. The van der Waals surface area contributed by atoms with E-state index in [1.807, 2.05) is 0 Å². The van der Waals surface area contributed by atoms with Gasteiger partial charge in [-0.25, -0.2) is 0 Å². The minimum atomic E-state index is -0.566. The molecule has 1 atom stereocenters. The van der Waals surface area contributed by atoms with E-state index in [4.69, 9.17) is 4.74 Å². The third-order valence-electron chi connectivity index (χ3n) is 3.19. The normalized spacial score (nSPS) is 18.8. The van der Waals surface area contributed by atoms with Crippen LogP contribution in [-0.4, -0.2) is 37.6 Å². The van der Waals surface area contributed by atoms with Gasteiger partial charge in [-0.1, -0.05) is 25.7 Å². The lowest BCUT2D eigenvalue weighted by atomic mass is 10.1. The number of amides is 2. The fourth-order valence-corrected chi connectivity index (χ4v) is 2.26. The molecule has 0 radical (unpaired) electrons. The Morgan fingerprint density at radius 2 is 1.78 bits per heavy atom. The molecule has 0 aromatic carbocycles. The monoisotopic (exact) mass is 256 g/mol. The van der Waals surface area contributed by atoms with E-state index in [1.54, 1.807) is 14.0 Å². The number of methoxy groups -OCH3 is 1. The summed E-state index contributed by atoms with van der Waals surface area (Å²) in [7, 11) is 1.56. The van der Waals surface area contributed by atoms with Crippen LogP contribution in [0.25, 0.3) is 0 Å². The highest BCUT2D eigenvalue weighted by molar-refractivity contribution is 6.35. The number of hydrogen-bond acceptors (Lipinski definition) is 3. The molecule has 1 aliphatic rings. The molecule has 2 amide bonds. The lowest BCUT2D eigenvalue weighted by molar-refractivity contribution is -0.140. The third kappa shape index (κ3) is 5.49. The molecular formula is C13H24N2O3. The van der Waals surface area contributed by atoms with Gasteiger partial charge in [0.15, 0.2) is 0 Å². The quantitative estimate of drug-likeness (QED) is 0.582. The van der Waals surface area contributed by atoms with Crippen LogP contribution in [-0.2, 0) is 14.3 Å². The fourth-order valence-electron chi connectivity index (χ4n) is 2.26. The number of nitrogens with one attached hydrogen (secondary N) is 2. The summed E-state index contributed by atoms with van der Waals surface area (Å²) in [5, 5.41) is 5.42. The van der Waals surface area contributed by atoms with Crippen molar-refractivity contribution in [1.82, 2.24) is 10.6 Å². The molecular weight excluding hydrogens is 232 g/mol. The second-order valence-electron chi connectivity index (χ2n) is 4.99. The van der Waals surface area contributed by atoms with E-state index in [2.05, 4.69) is 10.6 Å². The first-order chi connectivity index (χ1) is 8.63. The summed E-state index contributed by atoms with van der Waals surface area (Å²) in [5.74, 6) is -1.09. The van der Waals surface area contributed by atoms with Gasteiger partial charge in [0.1, 0.15) is 0 Å². The Kier molecular flexibility index (Phi) is 6.72. The van der Waals surface area contributed by atoms with Crippen LogP contribution in [0, 0.1) is 0 Å². The highest BCUT2D eigenvalue weighted by atomic mass is 16.5. The van der Waals surface area contributed by atoms with Crippen molar-refractivity contribution in [3.05, 3.63) is 0 Å². The van der Waals surface area contributed by atoms with E-state index >= 15 is 0 Å². The highest BCUT2D eigenvalue weighted by Gasteiger charge is 2.20. The molecule has 18 heavy (non-hydrogen) atoms. The topological polar surface area (TPSA) is 67.4 Å². The van der Waals surface area contributed by atoms with Gasteiger partial charge < -0.3 is 15.4 Å². The van der Waals surface area contributed by atoms with Gasteiger partial charge in [-0.05, 0) is 19.8 Å². The first-order valence-corrected chi connectivity index (χ1v) is 6.73. The Hall–Kier alpha value is -1.10. The highest BCUT2D eigenvalue weighted by Crippen LogP contribution is 2.16. The van der Waals surface area contributed by atoms with Gasteiger partial charge in [0, 0.05) is 19.2 Å². The summed E-state index contributed by atoms with van der Waals surface area (Å²) in [6, 6.07) is 0.00543. The molecule has 0 aromatic rings. The average Bonchev–Trinajstić information content (AvgIpc) is 2.57. The molecule has 104 valence electrons. The van der Waals surface area contributed by atoms with Gasteiger partial charge in [-0.3, -0.25) is 9.59 Å². The zero-order valence-corrected chi connectivity index (χ0v) is 11.3. The third-order valence-corrected chi connectivity index (χ3v) is 3.19. The molecule has 2 N–H and O–H groups in total. The minimum absolute atomic E-state index is 0.151. The van der Waals surface area contributed by atoms with Crippen molar-refractivity contribution in [2.45, 2.75) is 57.5 Å². The van der Waals surface area contributed by atoms with Crippen LogP contribution in [0.15, 0.2) is 0 Å². The maximum atomic E-state index is 11.7. The predicted molar refractivity (Wildman–Crippen MR) is 69.1 cm³/mol. The lowest BCUT2D eigenvalue weighted by Crippen LogP contribution is -2.47. The van der Waals surface area contributed by atoms with E-state index < -0.39 is 11.8 Å². The Morgan fingerprint density at radius 1 is 1.17 bits per heavy atom. The van der Waals surface area contributed by atoms with Crippen LogP contribution < -0.4 is 10.6 Å². The van der Waals surface area contributed by atoms with Crippen molar-refractivity contribution in [2.24, 2.45) is 0 Å². The van der Waals surface area contributed by atoms with Crippen molar-refractivity contribution < 1.29 is 14.3 Å². The van der Waals surface area contributed by atoms with E-state index in [-0.39, 0.29) is 12.1 Å². The van der Waals surface area contributed by atoms with Crippen LogP contribution in [0.1, 0.15) is 45.4 Å². The predicted octanol–water partition coefficient (Wildman–Crippen LogP) is 0.976. The van der Waals surface area contributed by atoms with Crippen LogP contribution in [0.2, 0.25) is 0 Å². The number of carbonyl (C=O) groups is 2. The van der Waals surface area contributed by atoms with Crippen molar-refractivity contribution in [3.63, 3.8) is 0 Å². The lowest BCUT2D eigenvalue weighted by Gasteiger charge is -2.17. The number of hydrogen-bond donors (Lipinski definition) is 2. The molecule has 0 saturated heterocycles. The fraction of sp³-hybridized carbons (Fsp3) is 0.846. The first kappa shape index (κ1) is 15.0. The molecule has 1 fully saturated rings. The first-order valence-electron chi connectivity index (χ1n) is 6.73. The van der Waals surface area contributed by atoms with Crippen molar-refractivity contribution in [3.8, 4) is 0 Å². The minimum Gasteiger partial charge on any atom is -0.383 e. The summed E-state index contributed by atoms with van der Waals surface area (Å²) in [4.78, 5) is 23.3. The van der Waals surface area contributed by atoms with Crippen LogP contribution >= 0.6 is 0 Å². The molecule has 0 aromatic heterocycles. The van der Waals surface area contributed by atoms with Crippen molar-refractivity contribution in [1.29, 1.82) is 0 Å². The van der Waals surface area contributed by atoms with Gasteiger partial charge in [0.2, 0.25) is 0 Å². The molecule has 0 spiro atoms. The molecule has 1 saturated carbocycles. The molecule has 5 nitrogen and oxygen atoms in total. The van der Waals surface area contributed by atoms with Crippen LogP contribution in [0.4, 0.5) is 0 Å². The Morgan fingerprint density at radius 3 is 2.33 bits per heavy atom. The average molecular weight is 256 g/mol. The Bertz CT molecular complexity index is 273. The molecule has 0 unspecified atom stereocenters. The molecule has 1 rings (SSSR count). The summed E-state index contributed by atoms with van der Waals surface area (Å²) < 4.78 is 4.90. The van der Waals surface area contributed by atoms with Gasteiger partial charge in [0.25, 0.3) is 0 Å².